The minimum absolute atomic E-state index is 0.128. The normalized spacial score (nSPS) is 14.4. The largest absolute Gasteiger partial charge is 0.418 e. The van der Waals surface area contributed by atoms with Crippen molar-refractivity contribution in [1.82, 2.24) is 15.1 Å². The van der Waals surface area contributed by atoms with E-state index in [0.717, 1.165) is 24.3 Å². The lowest BCUT2D eigenvalue weighted by Gasteiger charge is -2.35. The average molecular weight is 523 g/mol. The number of carbonyl (C=O) groups is 2. The van der Waals surface area contributed by atoms with Gasteiger partial charge < -0.3 is 15.1 Å². The minimum Gasteiger partial charge on any atom is -0.352 e. The molecular weight excluding hydrogens is 504 g/mol. The molecule has 7 nitrogen and oxygen atoms in total. The molecule has 1 aliphatic rings. The summed E-state index contributed by atoms with van der Waals surface area (Å²) in [5, 5.41) is 9.93. The van der Waals surface area contributed by atoms with Crippen LogP contribution in [0.1, 0.15) is 32.0 Å². The molecule has 1 saturated heterocycles. The van der Waals surface area contributed by atoms with Crippen LogP contribution < -0.4 is 10.2 Å². The number of nitrogens with zero attached hydrogens (tertiary/aromatic N) is 4. The van der Waals surface area contributed by atoms with Crippen LogP contribution in [0, 0.1) is 0 Å². The molecular formula is C24H19F6N5O2. The SMILES string of the molecule is O=C(Nc1ccccc1C(F)(F)F)c1ccc(N2CCN(C(=O)c3ccccc3C(F)(F)F)CC2)nn1. The highest BCUT2D eigenvalue weighted by atomic mass is 19.4. The smallest absolute Gasteiger partial charge is 0.352 e. The number of nitrogens with one attached hydrogen (secondary N) is 1. The van der Waals surface area contributed by atoms with Gasteiger partial charge in [-0.3, -0.25) is 9.59 Å². The summed E-state index contributed by atoms with van der Waals surface area (Å²) in [5.74, 6) is -1.27. The standard InChI is InChI=1S/C24H19F6N5O2/c25-23(26,27)16-6-2-1-5-15(16)22(37)35-13-11-34(12-14-35)20-10-9-19(32-33-20)21(36)31-18-8-4-3-7-17(18)24(28,29)30/h1-10H,11-14H2,(H,31,36). The molecule has 0 saturated carbocycles. The van der Waals surface area contributed by atoms with E-state index in [4.69, 9.17) is 0 Å². The minimum atomic E-state index is -4.66. The zero-order valence-electron chi connectivity index (χ0n) is 19.0. The number of para-hydroxylation sites is 1. The number of halogens is 6. The molecule has 0 unspecified atom stereocenters. The Morgan fingerprint density at radius 2 is 1.32 bits per heavy atom. The average Bonchev–Trinajstić information content (AvgIpc) is 2.87. The van der Waals surface area contributed by atoms with Gasteiger partial charge in [-0.2, -0.15) is 26.3 Å². The number of benzene rings is 2. The molecule has 2 heterocycles. The molecule has 0 bridgehead atoms. The van der Waals surface area contributed by atoms with Gasteiger partial charge in [0.1, 0.15) is 0 Å². The zero-order chi connectivity index (χ0) is 26.8. The Bertz CT molecular complexity index is 1290. The summed E-state index contributed by atoms with van der Waals surface area (Å²) in [5.41, 5.74) is -3.05. The summed E-state index contributed by atoms with van der Waals surface area (Å²) >= 11 is 0. The van der Waals surface area contributed by atoms with Crippen molar-refractivity contribution in [3.05, 3.63) is 83.0 Å². The number of alkyl halides is 6. The lowest BCUT2D eigenvalue weighted by molar-refractivity contribution is -0.138. The van der Waals surface area contributed by atoms with Gasteiger partial charge in [0, 0.05) is 26.2 Å². The Morgan fingerprint density at radius 3 is 1.92 bits per heavy atom. The number of carbonyl (C=O) groups excluding carboxylic acids is 2. The van der Waals surface area contributed by atoms with Crippen LogP contribution in [-0.2, 0) is 12.4 Å². The Labute approximate surface area is 206 Å². The first-order valence-corrected chi connectivity index (χ1v) is 11.0. The molecule has 3 aromatic rings. The Hall–Kier alpha value is -4.16. The van der Waals surface area contributed by atoms with Crippen LogP contribution in [0.25, 0.3) is 0 Å². The van der Waals surface area contributed by atoms with Gasteiger partial charge in [0.2, 0.25) is 0 Å². The maximum absolute atomic E-state index is 13.3. The lowest BCUT2D eigenvalue weighted by Crippen LogP contribution is -2.49. The highest BCUT2D eigenvalue weighted by molar-refractivity contribution is 6.03. The van der Waals surface area contributed by atoms with Crippen molar-refractivity contribution in [3.8, 4) is 0 Å². The number of amides is 2. The van der Waals surface area contributed by atoms with Crippen LogP contribution >= 0.6 is 0 Å². The molecule has 0 radical (unpaired) electrons. The number of rotatable bonds is 4. The Morgan fingerprint density at radius 1 is 0.730 bits per heavy atom. The van der Waals surface area contributed by atoms with Crippen LogP contribution in [0.2, 0.25) is 0 Å². The van der Waals surface area contributed by atoms with E-state index in [-0.39, 0.29) is 31.9 Å². The first-order chi connectivity index (χ1) is 17.4. The molecule has 2 amide bonds. The predicted octanol–water partition coefficient (Wildman–Crippen LogP) is 4.73. The van der Waals surface area contributed by atoms with E-state index in [9.17, 15) is 35.9 Å². The second-order valence-corrected chi connectivity index (χ2v) is 8.10. The van der Waals surface area contributed by atoms with Gasteiger partial charge in [-0.05, 0) is 36.4 Å². The summed E-state index contributed by atoms with van der Waals surface area (Å²) in [6.45, 7) is 0.755. The van der Waals surface area contributed by atoms with Gasteiger partial charge in [0.05, 0.1) is 22.4 Å². The fraction of sp³-hybridized carbons (Fsp3) is 0.250. The Kier molecular flexibility index (Phi) is 7.05. The quantitative estimate of drug-likeness (QED) is 0.501. The van der Waals surface area contributed by atoms with E-state index in [1.807, 2.05) is 0 Å². The summed E-state index contributed by atoms with van der Waals surface area (Å²) in [7, 11) is 0. The van der Waals surface area contributed by atoms with Gasteiger partial charge >= 0.3 is 12.4 Å². The first-order valence-electron chi connectivity index (χ1n) is 11.0. The fourth-order valence-electron chi connectivity index (χ4n) is 3.87. The third-order valence-corrected chi connectivity index (χ3v) is 5.72. The fourth-order valence-corrected chi connectivity index (χ4v) is 3.87. The monoisotopic (exact) mass is 523 g/mol. The second-order valence-electron chi connectivity index (χ2n) is 8.10. The van der Waals surface area contributed by atoms with Crippen molar-refractivity contribution in [2.24, 2.45) is 0 Å². The van der Waals surface area contributed by atoms with Gasteiger partial charge in [-0.15, -0.1) is 10.2 Å². The van der Waals surface area contributed by atoms with Crippen molar-refractivity contribution in [1.29, 1.82) is 0 Å². The van der Waals surface area contributed by atoms with E-state index < -0.39 is 46.5 Å². The maximum atomic E-state index is 13.3. The molecule has 37 heavy (non-hydrogen) atoms. The van der Waals surface area contributed by atoms with Gasteiger partial charge in [-0.1, -0.05) is 24.3 Å². The van der Waals surface area contributed by atoms with E-state index in [0.29, 0.717) is 5.82 Å². The Balaban J connectivity index is 1.39. The lowest BCUT2D eigenvalue weighted by atomic mass is 10.1. The third-order valence-electron chi connectivity index (χ3n) is 5.72. The van der Waals surface area contributed by atoms with E-state index in [1.54, 1.807) is 4.90 Å². The molecule has 0 aliphatic carbocycles. The predicted molar refractivity (Wildman–Crippen MR) is 121 cm³/mol. The van der Waals surface area contributed by atoms with Crippen molar-refractivity contribution in [2.75, 3.05) is 36.4 Å². The highest BCUT2D eigenvalue weighted by Gasteiger charge is 2.36. The zero-order valence-corrected chi connectivity index (χ0v) is 19.0. The number of aromatic nitrogens is 2. The molecule has 1 aliphatic heterocycles. The number of piperazine rings is 1. The summed E-state index contributed by atoms with van der Waals surface area (Å²) in [6.07, 6.45) is -9.32. The van der Waals surface area contributed by atoms with Crippen molar-refractivity contribution in [2.45, 2.75) is 12.4 Å². The van der Waals surface area contributed by atoms with Crippen LogP contribution in [0.5, 0.6) is 0 Å². The van der Waals surface area contributed by atoms with Gasteiger partial charge in [-0.25, -0.2) is 0 Å². The van der Waals surface area contributed by atoms with Crippen molar-refractivity contribution >= 4 is 23.3 Å². The molecule has 1 fully saturated rings. The van der Waals surface area contributed by atoms with E-state index in [2.05, 4.69) is 15.5 Å². The number of hydrogen-bond donors (Lipinski definition) is 1. The molecule has 0 atom stereocenters. The van der Waals surface area contributed by atoms with Crippen LogP contribution in [0.15, 0.2) is 60.7 Å². The van der Waals surface area contributed by atoms with Crippen LogP contribution in [0.4, 0.5) is 37.8 Å². The van der Waals surface area contributed by atoms with Gasteiger partial charge in [0.25, 0.3) is 11.8 Å². The molecule has 1 N–H and O–H groups in total. The molecule has 2 aromatic carbocycles. The molecule has 194 valence electrons. The highest BCUT2D eigenvalue weighted by Crippen LogP contribution is 2.35. The molecule has 1 aromatic heterocycles. The molecule has 13 heteroatoms. The van der Waals surface area contributed by atoms with Crippen LogP contribution in [-0.4, -0.2) is 53.1 Å². The van der Waals surface area contributed by atoms with Crippen molar-refractivity contribution < 1.29 is 35.9 Å². The number of anilines is 2. The van der Waals surface area contributed by atoms with E-state index in [1.165, 1.54) is 41.3 Å². The summed E-state index contributed by atoms with van der Waals surface area (Å²) < 4.78 is 79.3. The van der Waals surface area contributed by atoms with Crippen LogP contribution in [0.3, 0.4) is 0 Å². The second kappa shape index (κ2) is 10.1. The summed E-state index contributed by atoms with van der Waals surface area (Å²) in [6, 6.07) is 11.9. The molecule has 4 rings (SSSR count). The van der Waals surface area contributed by atoms with Crippen molar-refractivity contribution in [3.63, 3.8) is 0 Å². The molecule has 0 spiro atoms. The topological polar surface area (TPSA) is 78.4 Å². The third kappa shape index (κ3) is 5.81. The first kappa shape index (κ1) is 25.9. The summed E-state index contributed by atoms with van der Waals surface area (Å²) in [4.78, 5) is 28.2. The van der Waals surface area contributed by atoms with E-state index >= 15 is 0 Å². The van der Waals surface area contributed by atoms with Gasteiger partial charge in [0.15, 0.2) is 11.5 Å². The number of hydrogen-bond acceptors (Lipinski definition) is 5. The maximum Gasteiger partial charge on any atom is 0.418 e.